The van der Waals surface area contributed by atoms with E-state index in [4.69, 9.17) is 4.42 Å². The fraction of sp³-hybridized carbons (Fsp3) is 0.278. The Bertz CT molecular complexity index is 898. The van der Waals surface area contributed by atoms with Gasteiger partial charge in [0.1, 0.15) is 5.76 Å². The molecule has 2 heterocycles. The first-order chi connectivity index (χ1) is 12.4. The Morgan fingerprint density at radius 1 is 1.15 bits per heavy atom. The van der Waals surface area contributed by atoms with Crippen LogP contribution in [0.1, 0.15) is 24.2 Å². The summed E-state index contributed by atoms with van der Waals surface area (Å²) in [6.07, 6.45) is 4.83. The molecule has 2 aromatic rings. The Kier molecular flexibility index (Phi) is 6.15. The molecule has 1 aliphatic rings. The first-order valence-corrected chi connectivity index (χ1v) is 10.8. The number of halogens is 1. The van der Waals surface area contributed by atoms with E-state index < -0.39 is 10.0 Å². The van der Waals surface area contributed by atoms with Crippen LogP contribution < -0.4 is 5.32 Å². The van der Waals surface area contributed by atoms with Crippen LogP contribution in [0.3, 0.4) is 0 Å². The average molecular weight is 486 g/mol. The Labute approximate surface area is 166 Å². The van der Waals surface area contributed by atoms with Crippen LogP contribution in [0.5, 0.6) is 0 Å². The fourth-order valence-corrected chi connectivity index (χ4v) is 4.63. The van der Waals surface area contributed by atoms with Gasteiger partial charge in [-0.2, -0.15) is 4.31 Å². The molecule has 138 valence electrons. The number of benzene rings is 1. The molecule has 1 N–H and O–H groups in total. The molecule has 0 radical (unpaired) electrons. The van der Waals surface area contributed by atoms with Gasteiger partial charge in [0.2, 0.25) is 15.9 Å². The molecule has 26 heavy (non-hydrogen) atoms. The zero-order chi connectivity index (χ0) is 18.6. The maximum atomic E-state index is 12.5. The van der Waals surface area contributed by atoms with Gasteiger partial charge >= 0.3 is 0 Å². The highest BCUT2D eigenvalue weighted by Crippen LogP contribution is 2.21. The summed E-state index contributed by atoms with van der Waals surface area (Å²) in [5.74, 6) is 0.367. The highest BCUT2D eigenvalue weighted by molar-refractivity contribution is 14.1. The molecule has 1 aromatic heterocycles. The number of hydrogen-bond acceptors (Lipinski definition) is 4. The number of carbonyl (C=O) groups is 1. The van der Waals surface area contributed by atoms with Crippen LogP contribution >= 0.6 is 22.6 Å². The predicted molar refractivity (Wildman–Crippen MR) is 107 cm³/mol. The van der Waals surface area contributed by atoms with Gasteiger partial charge in [0.05, 0.1) is 4.90 Å². The summed E-state index contributed by atoms with van der Waals surface area (Å²) in [5.41, 5.74) is 0.833. The molecule has 0 atom stereocenters. The normalized spacial score (nSPS) is 15.6. The van der Waals surface area contributed by atoms with Crippen molar-refractivity contribution in [2.45, 2.75) is 24.3 Å². The van der Waals surface area contributed by atoms with Gasteiger partial charge in [0.15, 0.2) is 3.77 Å². The van der Waals surface area contributed by atoms with Crippen molar-refractivity contribution in [3.8, 4) is 0 Å². The molecule has 1 amide bonds. The van der Waals surface area contributed by atoms with Crippen LogP contribution in [0, 0.1) is 3.77 Å². The lowest BCUT2D eigenvalue weighted by Gasteiger charge is -2.15. The number of rotatable bonds is 6. The molecule has 0 bridgehead atoms. The van der Waals surface area contributed by atoms with Crippen molar-refractivity contribution < 1.29 is 17.6 Å². The van der Waals surface area contributed by atoms with E-state index in [1.165, 1.54) is 10.4 Å². The highest BCUT2D eigenvalue weighted by atomic mass is 127. The maximum Gasteiger partial charge on any atom is 0.244 e. The molecule has 0 aliphatic carbocycles. The van der Waals surface area contributed by atoms with Crippen molar-refractivity contribution in [2.75, 3.05) is 13.1 Å². The van der Waals surface area contributed by atoms with Gasteiger partial charge in [0.25, 0.3) is 0 Å². The summed E-state index contributed by atoms with van der Waals surface area (Å²) in [6.45, 7) is 1.49. The van der Waals surface area contributed by atoms with E-state index in [0.29, 0.717) is 30.3 Å². The molecule has 0 unspecified atom stereocenters. The van der Waals surface area contributed by atoms with Crippen molar-refractivity contribution in [3.63, 3.8) is 0 Å². The van der Waals surface area contributed by atoms with Gasteiger partial charge in [-0.15, -0.1) is 0 Å². The van der Waals surface area contributed by atoms with Crippen molar-refractivity contribution in [2.24, 2.45) is 0 Å². The number of amides is 1. The van der Waals surface area contributed by atoms with Gasteiger partial charge in [-0.3, -0.25) is 4.79 Å². The van der Waals surface area contributed by atoms with Crippen molar-refractivity contribution in [1.82, 2.24) is 9.62 Å². The second kappa shape index (κ2) is 8.36. The quantitative estimate of drug-likeness (QED) is 0.503. The predicted octanol–water partition coefficient (Wildman–Crippen LogP) is 3.00. The smallest absolute Gasteiger partial charge is 0.244 e. The molecule has 1 aromatic carbocycles. The standard InChI is InChI=1S/C18H19IN2O4S/c19-17-9-5-15(25-17)6-10-18(22)20-13-14-3-7-16(8-4-14)26(23,24)21-11-1-2-12-21/h3-10H,1-2,11-13H2,(H,20,22)/b10-6+. The molecule has 8 heteroatoms. The Morgan fingerprint density at radius 2 is 1.85 bits per heavy atom. The van der Waals surface area contributed by atoms with Gasteiger partial charge < -0.3 is 9.73 Å². The van der Waals surface area contributed by atoms with E-state index in [2.05, 4.69) is 27.9 Å². The van der Waals surface area contributed by atoms with E-state index in [0.717, 1.165) is 22.2 Å². The van der Waals surface area contributed by atoms with Gasteiger partial charge in [-0.25, -0.2) is 8.42 Å². The Morgan fingerprint density at radius 3 is 2.46 bits per heavy atom. The summed E-state index contributed by atoms with van der Waals surface area (Å²) < 4.78 is 32.6. The number of nitrogens with zero attached hydrogens (tertiary/aromatic N) is 1. The fourth-order valence-electron chi connectivity index (χ4n) is 2.68. The summed E-state index contributed by atoms with van der Waals surface area (Å²) in [5, 5.41) is 2.76. The van der Waals surface area contributed by atoms with E-state index in [9.17, 15) is 13.2 Å². The lowest BCUT2D eigenvalue weighted by atomic mass is 10.2. The topological polar surface area (TPSA) is 79.6 Å². The molecule has 0 saturated carbocycles. The zero-order valence-corrected chi connectivity index (χ0v) is 17.0. The first-order valence-electron chi connectivity index (χ1n) is 8.25. The molecule has 1 aliphatic heterocycles. The minimum atomic E-state index is -3.40. The van der Waals surface area contributed by atoms with Crippen LogP contribution in [-0.4, -0.2) is 31.7 Å². The number of carbonyl (C=O) groups excluding carboxylic acids is 1. The summed E-state index contributed by atoms with van der Waals surface area (Å²) in [7, 11) is -3.40. The molecular formula is C18H19IN2O4S. The minimum absolute atomic E-state index is 0.245. The van der Waals surface area contributed by atoms with Crippen molar-refractivity contribution >= 4 is 44.6 Å². The molecule has 6 nitrogen and oxygen atoms in total. The third kappa shape index (κ3) is 4.74. The summed E-state index contributed by atoms with van der Waals surface area (Å²) >= 11 is 2.06. The molecular weight excluding hydrogens is 467 g/mol. The zero-order valence-electron chi connectivity index (χ0n) is 14.0. The largest absolute Gasteiger partial charge is 0.451 e. The molecule has 1 fully saturated rings. The van der Waals surface area contributed by atoms with E-state index in [-0.39, 0.29) is 5.91 Å². The van der Waals surface area contributed by atoms with Crippen LogP contribution in [-0.2, 0) is 21.4 Å². The third-order valence-corrected chi connectivity index (χ3v) is 6.58. The monoisotopic (exact) mass is 486 g/mol. The highest BCUT2D eigenvalue weighted by Gasteiger charge is 2.26. The Balaban J connectivity index is 1.56. The van der Waals surface area contributed by atoms with Gasteiger partial charge in [-0.1, -0.05) is 12.1 Å². The molecule has 0 spiro atoms. The Hall–Kier alpha value is -1.65. The lowest BCUT2D eigenvalue weighted by Crippen LogP contribution is -2.27. The molecule has 3 rings (SSSR count). The van der Waals surface area contributed by atoms with Gasteiger partial charge in [-0.05, 0) is 71.3 Å². The van der Waals surface area contributed by atoms with Crippen LogP contribution in [0.25, 0.3) is 6.08 Å². The van der Waals surface area contributed by atoms with Crippen LogP contribution in [0.4, 0.5) is 0 Å². The van der Waals surface area contributed by atoms with E-state index in [1.807, 2.05) is 6.07 Å². The van der Waals surface area contributed by atoms with Gasteiger partial charge in [0, 0.05) is 25.7 Å². The number of furan rings is 1. The van der Waals surface area contributed by atoms with Crippen molar-refractivity contribution in [1.29, 1.82) is 0 Å². The SMILES string of the molecule is O=C(/C=C/c1ccc(I)o1)NCc1ccc(S(=O)(=O)N2CCCC2)cc1. The van der Waals surface area contributed by atoms with E-state index in [1.54, 1.807) is 36.4 Å². The second-order valence-corrected chi connectivity index (χ2v) is 8.95. The molecule has 1 saturated heterocycles. The van der Waals surface area contributed by atoms with E-state index >= 15 is 0 Å². The van der Waals surface area contributed by atoms with Crippen LogP contribution in [0.2, 0.25) is 0 Å². The van der Waals surface area contributed by atoms with Crippen molar-refractivity contribution in [3.05, 3.63) is 57.6 Å². The van der Waals surface area contributed by atoms with Crippen LogP contribution in [0.15, 0.2) is 51.8 Å². The number of sulfonamides is 1. The minimum Gasteiger partial charge on any atom is -0.451 e. The number of hydrogen-bond donors (Lipinski definition) is 1. The second-order valence-electron chi connectivity index (χ2n) is 5.95. The summed E-state index contributed by atoms with van der Waals surface area (Å²) in [6, 6.07) is 10.2. The third-order valence-electron chi connectivity index (χ3n) is 4.09. The summed E-state index contributed by atoms with van der Waals surface area (Å²) in [4.78, 5) is 12.1. The number of nitrogens with one attached hydrogen (secondary N) is 1. The lowest BCUT2D eigenvalue weighted by molar-refractivity contribution is -0.116. The first kappa shape index (κ1) is 19.1. The average Bonchev–Trinajstić information content (AvgIpc) is 3.30. The maximum absolute atomic E-state index is 12.5.